The summed E-state index contributed by atoms with van der Waals surface area (Å²) >= 11 is 6.25. The third kappa shape index (κ3) is 4.07. The van der Waals surface area contributed by atoms with Crippen LogP contribution in [0.4, 0.5) is 11.4 Å². The first-order chi connectivity index (χ1) is 10.8. The van der Waals surface area contributed by atoms with Crippen molar-refractivity contribution < 1.29 is 9.59 Å². The van der Waals surface area contributed by atoms with E-state index in [1.807, 2.05) is 31.1 Å². The molecular weight excluding hydrogens is 314 g/mol. The van der Waals surface area contributed by atoms with Crippen molar-refractivity contribution in [2.45, 2.75) is 13.8 Å². The lowest BCUT2D eigenvalue weighted by atomic mass is 10.0. The van der Waals surface area contributed by atoms with E-state index in [0.29, 0.717) is 16.4 Å². The molecule has 0 saturated carbocycles. The third-order valence-electron chi connectivity index (χ3n) is 3.27. The number of hydrogen-bond donors (Lipinski definition) is 1. The normalized spacial score (nSPS) is 16.0. The number of anilines is 1. The summed E-state index contributed by atoms with van der Waals surface area (Å²) in [6.07, 6.45) is 3.03. The lowest BCUT2D eigenvalue weighted by molar-refractivity contribution is -0.120. The number of allylic oxidation sites excluding steroid dienone is 3. The van der Waals surface area contributed by atoms with Crippen molar-refractivity contribution in [3.05, 3.63) is 46.6 Å². The average Bonchev–Trinajstić information content (AvgIpc) is 2.43. The van der Waals surface area contributed by atoms with Gasteiger partial charge in [0.05, 0.1) is 27.8 Å². The van der Waals surface area contributed by atoms with Gasteiger partial charge in [0.1, 0.15) is 0 Å². The maximum atomic E-state index is 11.9. The van der Waals surface area contributed by atoms with Crippen LogP contribution in [0.2, 0.25) is 5.02 Å². The second-order valence-corrected chi connectivity index (χ2v) is 5.87. The molecule has 0 fully saturated rings. The number of rotatable bonds is 3. The third-order valence-corrected chi connectivity index (χ3v) is 3.57. The van der Waals surface area contributed by atoms with Gasteiger partial charge in [-0.05, 0) is 42.8 Å². The average molecular weight is 332 g/mol. The summed E-state index contributed by atoms with van der Waals surface area (Å²) in [7, 11) is 3.82. The fourth-order valence-corrected chi connectivity index (χ4v) is 2.49. The quantitative estimate of drug-likeness (QED) is 0.866. The number of nitrogens with zero attached hydrogens (tertiary/aromatic N) is 2. The van der Waals surface area contributed by atoms with Crippen LogP contribution in [-0.2, 0) is 9.59 Å². The highest BCUT2D eigenvalue weighted by Crippen LogP contribution is 2.29. The summed E-state index contributed by atoms with van der Waals surface area (Å²) in [5, 5.41) is 3.11. The molecule has 1 aromatic rings. The van der Waals surface area contributed by atoms with Crippen LogP contribution in [0.5, 0.6) is 0 Å². The molecule has 0 saturated heterocycles. The van der Waals surface area contributed by atoms with E-state index in [0.717, 1.165) is 11.3 Å². The van der Waals surface area contributed by atoms with Gasteiger partial charge in [-0.2, -0.15) is 0 Å². The molecule has 5 nitrogen and oxygen atoms in total. The summed E-state index contributed by atoms with van der Waals surface area (Å²) in [5.41, 5.74) is 3.14. The summed E-state index contributed by atoms with van der Waals surface area (Å²) in [6.45, 7) is 3.16. The van der Waals surface area contributed by atoms with Gasteiger partial charge >= 0.3 is 0 Å². The monoisotopic (exact) mass is 331 g/mol. The second kappa shape index (κ2) is 6.79. The largest absolute Gasteiger partial charge is 0.376 e. The molecule has 120 valence electrons. The molecule has 0 spiro atoms. The van der Waals surface area contributed by atoms with Gasteiger partial charge in [-0.25, -0.2) is 4.99 Å². The minimum absolute atomic E-state index is 0.220. The number of carbonyl (C=O) groups excluding carboxylic acids is 2. The molecule has 23 heavy (non-hydrogen) atoms. The number of aliphatic imine (C=N–C) groups is 1. The number of hydrogen-bond acceptors (Lipinski definition) is 4. The zero-order valence-electron chi connectivity index (χ0n) is 13.5. The first-order valence-corrected chi connectivity index (χ1v) is 7.43. The van der Waals surface area contributed by atoms with Crippen LogP contribution in [0, 0.1) is 0 Å². The molecule has 0 aromatic heterocycles. The van der Waals surface area contributed by atoms with Crippen molar-refractivity contribution in [3.63, 3.8) is 0 Å². The van der Waals surface area contributed by atoms with E-state index in [9.17, 15) is 9.59 Å². The molecule has 0 atom stereocenters. The molecule has 0 heterocycles. The van der Waals surface area contributed by atoms with E-state index in [-0.39, 0.29) is 17.4 Å². The Bertz CT molecular complexity index is 761. The van der Waals surface area contributed by atoms with Gasteiger partial charge in [-0.15, -0.1) is 0 Å². The van der Waals surface area contributed by atoms with E-state index in [1.165, 1.54) is 13.0 Å². The Morgan fingerprint density at radius 2 is 1.96 bits per heavy atom. The van der Waals surface area contributed by atoms with Gasteiger partial charge in [0, 0.05) is 21.0 Å². The van der Waals surface area contributed by atoms with Crippen LogP contribution in [0.25, 0.3) is 0 Å². The molecule has 6 heteroatoms. The molecule has 2 rings (SSSR count). The Labute approximate surface area is 140 Å². The first-order valence-electron chi connectivity index (χ1n) is 7.06. The zero-order valence-corrected chi connectivity index (χ0v) is 14.2. The molecule has 1 amide bonds. The summed E-state index contributed by atoms with van der Waals surface area (Å²) in [5.74, 6) is -0.534. The molecule has 0 unspecified atom stereocenters. The van der Waals surface area contributed by atoms with E-state index >= 15 is 0 Å². The van der Waals surface area contributed by atoms with Crippen LogP contribution in [0.1, 0.15) is 13.8 Å². The molecule has 0 aliphatic heterocycles. The SMILES string of the molecule is CC(=O)NC1=CC(=Nc2ccc(N(C)C)c(Cl)c2)C(C)=CC1=O. The number of ketones is 1. The smallest absolute Gasteiger partial charge is 0.221 e. The van der Waals surface area contributed by atoms with Gasteiger partial charge in [0.25, 0.3) is 0 Å². The number of amides is 1. The van der Waals surface area contributed by atoms with Crippen LogP contribution in [-0.4, -0.2) is 31.5 Å². The number of benzene rings is 1. The van der Waals surface area contributed by atoms with Crippen molar-refractivity contribution in [1.29, 1.82) is 0 Å². The molecule has 1 aliphatic rings. The molecule has 0 radical (unpaired) electrons. The van der Waals surface area contributed by atoms with Crippen molar-refractivity contribution in [2.75, 3.05) is 19.0 Å². The van der Waals surface area contributed by atoms with Crippen LogP contribution >= 0.6 is 11.6 Å². The van der Waals surface area contributed by atoms with Gasteiger partial charge in [-0.1, -0.05) is 11.6 Å². The van der Waals surface area contributed by atoms with Gasteiger partial charge in [0.2, 0.25) is 11.7 Å². The minimum Gasteiger partial charge on any atom is -0.376 e. The standard InChI is InChI=1S/C17H18ClN3O2/c1-10-7-17(23)15(19-11(2)22)9-14(10)20-12-5-6-16(21(3)4)13(18)8-12/h5-9H,1-4H3,(H,19,22). The van der Waals surface area contributed by atoms with Gasteiger partial charge in [-0.3, -0.25) is 9.59 Å². The van der Waals surface area contributed by atoms with Crippen molar-refractivity contribution in [1.82, 2.24) is 5.32 Å². The fraction of sp³-hybridized carbons (Fsp3) is 0.235. The Morgan fingerprint density at radius 3 is 2.52 bits per heavy atom. The Balaban J connectivity index is 2.39. The lowest BCUT2D eigenvalue weighted by Crippen LogP contribution is -2.27. The minimum atomic E-state index is -0.296. The molecule has 0 bridgehead atoms. The molecule has 1 aliphatic carbocycles. The highest BCUT2D eigenvalue weighted by atomic mass is 35.5. The van der Waals surface area contributed by atoms with Crippen LogP contribution < -0.4 is 10.2 Å². The van der Waals surface area contributed by atoms with Crippen molar-refractivity contribution in [2.24, 2.45) is 4.99 Å². The number of carbonyl (C=O) groups is 2. The maximum absolute atomic E-state index is 11.9. The van der Waals surface area contributed by atoms with Crippen LogP contribution in [0.3, 0.4) is 0 Å². The predicted octanol–water partition coefficient (Wildman–Crippen LogP) is 3.03. The second-order valence-electron chi connectivity index (χ2n) is 5.46. The molecule has 1 aromatic carbocycles. The first kappa shape index (κ1) is 17.0. The highest BCUT2D eigenvalue weighted by Gasteiger charge is 2.17. The zero-order chi connectivity index (χ0) is 17.1. The Morgan fingerprint density at radius 1 is 1.26 bits per heavy atom. The maximum Gasteiger partial charge on any atom is 0.221 e. The molecular formula is C17H18ClN3O2. The molecule has 1 N–H and O–H groups in total. The van der Waals surface area contributed by atoms with Gasteiger partial charge < -0.3 is 10.2 Å². The number of halogens is 1. The van der Waals surface area contributed by atoms with E-state index < -0.39 is 0 Å². The van der Waals surface area contributed by atoms with E-state index in [1.54, 1.807) is 19.1 Å². The van der Waals surface area contributed by atoms with Crippen molar-refractivity contribution in [3.8, 4) is 0 Å². The number of nitrogens with one attached hydrogen (secondary N) is 1. The van der Waals surface area contributed by atoms with E-state index in [4.69, 9.17) is 11.6 Å². The van der Waals surface area contributed by atoms with E-state index in [2.05, 4.69) is 10.3 Å². The topological polar surface area (TPSA) is 61.8 Å². The predicted molar refractivity (Wildman–Crippen MR) is 93.5 cm³/mol. The van der Waals surface area contributed by atoms with Gasteiger partial charge in [0.15, 0.2) is 0 Å². The fourth-order valence-electron chi connectivity index (χ4n) is 2.14. The Kier molecular flexibility index (Phi) is 5.01. The summed E-state index contributed by atoms with van der Waals surface area (Å²) < 4.78 is 0. The Hall–Kier alpha value is -2.40. The highest BCUT2D eigenvalue weighted by molar-refractivity contribution is 6.33. The van der Waals surface area contributed by atoms with Crippen LogP contribution in [0.15, 0.2) is 46.6 Å². The lowest BCUT2D eigenvalue weighted by Gasteiger charge is -2.15. The van der Waals surface area contributed by atoms with Crippen molar-refractivity contribution >= 4 is 40.4 Å². The summed E-state index contributed by atoms with van der Waals surface area (Å²) in [6, 6.07) is 5.50. The summed E-state index contributed by atoms with van der Waals surface area (Å²) in [4.78, 5) is 29.5.